The van der Waals surface area contributed by atoms with Crippen molar-refractivity contribution >= 4 is 27.8 Å². The Balaban J connectivity index is 0. The van der Waals surface area contributed by atoms with Crippen LogP contribution in [0.5, 0.6) is 0 Å². The van der Waals surface area contributed by atoms with Crippen LogP contribution >= 0.6 is 12.4 Å². The van der Waals surface area contributed by atoms with E-state index < -0.39 is 15.4 Å². The molecular formula is CH3ClO5S. The summed E-state index contributed by atoms with van der Waals surface area (Å²) < 4.78 is 26.0. The van der Waals surface area contributed by atoms with Gasteiger partial charge < -0.3 is 5.11 Å². The summed E-state index contributed by atoms with van der Waals surface area (Å²) in [6, 6.07) is 0. The predicted octanol–water partition coefficient (Wildman–Crippen LogP) is -0.0260. The molecule has 0 unspecified atom stereocenters. The van der Waals surface area contributed by atoms with Crippen molar-refractivity contribution in [2.45, 2.75) is 0 Å². The normalized spacial score (nSPS) is 9.62. The lowest BCUT2D eigenvalue weighted by atomic mass is 11.6. The lowest BCUT2D eigenvalue weighted by molar-refractivity contribution is 0.216. The van der Waals surface area contributed by atoms with E-state index >= 15 is 0 Å². The van der Waals surface area contributed by atoms with Crippen molar-refractivity contribution < 1.29 is 22.9 Å². The summed E-state index contributed by atoms with van der Waals surface area (Å²) in [4.78, 5) is 9.18. The summed E-state index contributed by atoms with van der Waals surface area (Å²) in [5.41, 5.74) is 0. The van der Waals surface area contributed by atoms with Crippen LogP contribution < -0.4 is 0 Å². The van der Waals surface area contributed by atoms with Crippen LogP contribution in [0.2, 0.25) is 0 Å². The molecule has 0 aliphatic carbocycles. The Morgan fingerprint density at radius 3 is 1.50 bits per heavy atom. The first-order valence-electron chi connectivity index (χ1n) is 1.15. The second-order valence-corrected chi connectivity index (χ2v) is 2.04. The number of hydrogen-bond donors (Lipinski definition) is 2. The molecule has 0 aromatic rings. The van der Waals surface area contributed by atoms with Gasteiger partial charge in [-0.1, -0.05) is 0 Å². The van der Waals surface area contributed by atoms with E-state index in [1.54, 1.807) is 0 Å². The van der Waals surface area contributed by atoms with Crippen LogP contribution in [-0.4, -0.2) is 23.4 Å². The van der Waals surface area contributed by atoms with E-state index in [-0.39, 0.29) is 12.4 Å². The Bertz CT molecular complexity index is 167. The minimum absolute atomic E-state index is 0. The first kappa shape index (κ1) is 10.6. The summed E-state index contributed by atoms with van der Waals surface area (Å²) in [5.74, 6) is 0. The molecule has 0 rings (SSSR count). The van der Waals surface area contributed by atoms with Crippen molar-refractivity contribution in [3.05, 3.63) is 0 Å². The monoisotopic (exact) mass is 162 g/mol. The van der Waals surface area contributed by atoms with Crippen molar-refractivity contribution in [3.8, 4) is 0 Å². The second kappa shape index (κ2) is 2.85. The highest BCUT2D eigenvalue weighted by molar-refractivity contribution is 8.00. The van der Waals surface area contributed by atoms with Gasteiger partial charge in [0.2, 0.25) is 0 Å². The fourth-order valence-electron chi connectivity index (χ4n) is 0. The van der Waals surface area contributed by atoms with Crippen LogP contribution in [0.4, 0.5) is 4.79 Å². The van der Waals surface area contributed by atoms with Gasteiger partial charge >= 0.3 is 15.4 Å². The van der Waals surface area contributed by atoms with Gasteiger partial charge in [-0.25, -0.2) is 4.79 Å². The minimum atomic E-state index is -4.82. The molecule has 0 fully saturated rings. The average Bonchev–Trinajstić information content (AvgIpc) is 1.31. The molecule has 0 amide bonds. The van der Waals surface area contributed by atoms with E-state index in [0.717, 1.165) is 0 Å². The molecule has 0 aromatic carbocycles. The average molecular weight is 163 g/mol. The molecule has 0 atom stereocenters. The molecule has 0 saturated heterocycles. The zero-order chi connectivity index (χ0) is 6.08. The maximum absolute atomic E-state index is 9.29. The molecule has 0 aliphatic heterocycles. The largest absolute Gasteiger partial charge is 0.468 e. The fraction of sp³-hybridized carbons (Fsp3) is 0. The third-order valence-electron chi connectivity index (χ3n) is 0.221. The molecule has 7 heteroatoms. The predicted molar refractivity (Wildman–Crippen MR) is 26.8 cm³/mol. The molecule has 0 heterocycles. The van der Waals surface area contributed by atoms with Crippen LogP contribution in [0.1, 0.15) is 0 Å². The zero-order valence-corrected chi connectivity index (χ0v) is 5.07. The molecule has 0 bridgehead atoms. The van der Waals surface area contributed by atoms with Gasteiger partial charge in [-0.05, 0) is 0 Å². The van der Waals surface area contributed by atoms with E-state index in [1.807, 2.05) is 0 Å². The van der Waals surface area contributed by atoms with E-state index in [1.165, 1.54) is 0 Å². The van der Waals surface area contributed by atoms with Gasteiger partial charge in [0.05, 0.1) is 0 Å². The Morgan fingerprint density at radius 2 is 1.50 bits per heavy atom. The number of rotatable bonds is 0. The van der Waals surface area contributed by atoms with E-state index in [0.29, 0.717) is 0 Å². The number of carboxylic acid groups (broad SMARTS) is 1. The van der Waals surface area contributed by atoms with Gasteiger partial charge in [0.25, 0.3) is 0 Å². The van der Waals surface area contributed by atoms with Gasteiger partial charge in [0.1, 0.15) is 0 Å². The van der Waals surface area contributed by atoms with E-state index in [9.17, 15) is 13.2 Å². The van der Waals surface area contributed by atoms with Crippen LogP contribution in [-0.2, 0) is 10.1 Å². The summed E-state index contributed by atoms with van der Waals surface area (Å²) >= 11 is 0. The molecule has 50 valence electrons. The van der Waals surface area contributed by atoms with E-state index in [4.69, 9.17) is 9.66 Å². The molecular weight excluding hydrogens is 160 g/mol. The fourth-order valence-corrected chi connectivity index (χ4v) is 0. The van der Waals surface area contributed by atoms with Gasteiger partial charge in [0, 0.05) is 0 Å². The third-order valence-corrected chi connectivity index (χ3v) is 0.662. The highest BCUT2D eigenvalue weighted by Gasteiger charge is 2.14. The van der Waals surface area contributed by atoms with Crippen LogP contribution in [0.15, 0.2) is 0 Å². The lowest BCUT2D eigenvalue weighted by Crippen LogP contribution is -2.08. The number of carbonyl (C=O) groups is 1. The molecule has 0 radical (unpaired) electrons. The first-order valence-corrected chi connectivity index (χ1v) is 2.59. The van der Waals surface area contributed by atoms with Gasteiger partial charge in [-0.2, -0.15) is 8.42 Å². The molecule has 8 heavy (non-hydrogen) atoms. The lowest BCUT2D eigenvalue weighted by Gasteiger charge is -1.78. The van der Waals surface area contributed by atoms with Crippen LogP contribution in [0.3, 0.4) is 0 Å². The van der Waals surface area contributed by atoms with Gasteiger partial charge in [-0.15, -0.1) is 12.4 Å². The van der Waals surface area contributed by atoms with Crippen LogP contribution in [0, 0.1) is 0 Å². The highest BCUT2D eigenvalue weighted by Crippen LogP contribution is 1.79. The van der Waals surface area contributed by atoms with Crippen LogP contribution in [0.25, 0.3) is 0 Å². The number of halogens is 1. The minimum Gasteiger partial charge on any atom is -0.468 e. The zero-order valence-electron chi connectivity index (χ0n) is 3.44. The van der Waals surface area contributed by atoms with Crippen molar-refractivity contribution in [2.24, 2.45) is 0 Å². The number of hydrogen-bond acceptors (Lipinski definition) is 3. The maximum atomic E-state index is 9.29. The van der Waals surface area contributed by atoms with Gasteiger partial charge in [0.15, 0.2) is 0 Å². The maximum Gasteiger partial charge on any atom is 0.449 e. The summed E-state index contributed by atoms with van der Waals surface area (Å²) in [7, 11) is -4.82. The summed E-state index contributed by atoms with van der Waals surface area (Å²) in [6.45, 7) is 0. The highest BCUT2D eigenvalue weighted by atomic mass is 35.5. The molecule has 0 aromatic heterocycles. The summed E-state index contributed by atoms with van der Waals surface area (Å²) in [6.07, 6.45) is 0. The van der Waals surface area contributed by atoms with Gasteiger partial charge in [-0.3, -0.25) is 4.55 Å². The molecule has 5 nitrogen and oxygen atoms in total. The third kappa shape index (κ3) is 3.85. The SMILES string of the molecule is Cl.O=C(O)S(=O)(=O)O. The Kier molecular flexibility index (Phi) is 3.78. The van der Waals surface area contributed by atoms with Crippen molar-refractivity contribution in [3.63, 3.8) is 0 Å². The summed E-state index contributed by atoms with van der Waals surface area (Å²) in [5, 5.41) is 5.18. The Hall–Kier alpha value is -0.330. The van der Waals surface area contributed by atoms with Crippen molar-refractivity contribution in [1.82, 2.24) is 0 Å². The molecule has 2 N–H and O–H groups in total. The second-order valence-electron chi connectivity index (χ2n) is 0.741. The molecule has 0 spiro atoms. The standard InChI is InChI=1S/CH2O5S.ClH/c2-1(3)7(4,5)6;/h(H,2,3)(H,4,5,6);1H. The quantitative estimate of drug-likeness (QED) is 0.488. The Morgan fingerprint density at radius 1 is 1.38 bits per heavy atom. The topological polar surface area (TPSA) is 91.7 Å². The smallest absolute Gasteiger partial charge is 0.449 e. The first-order chi connectivity index (χ1) is 2.94. The van der Waals surface area contributed by atoms with Crippen molar-refractivity contribution in [1.29, 1.82) is 0 Å². The molecule has 0 aliphatic rings. The molecule has 0 saturated carbocycles. The van der Waals surface area contributed by atoms with Crippen molar-refractivity contribution in [2.75, 3.05) is 0 Å². The van der Waals surface area contributed by atoms with E-state index in [2.05, 4.69) is 0 Å². The Labute approximate surface area is 51.5 Å².